The van der Waals surface area contributed by atoms with E-state index in [0.717, 1.165) is 44.5 Å². The van der Waals surface area contributed by atoms with E-state index < -0.39 is 46.1 Å². The van der Waals surface area contributed by atoms with Crippen molar-refractivity contribution in [2.75, 3.05) is 0 Å². The first-order chi connectivity index (χ1) is 20.1. The van der Waals surface area contributed by atoms with Crippen LogP contribution in [0.25, 0.3) is 12.2 Å². The third-order valence-electron chi connectivity index (χ3n) is 7.06. The van der Waals surface area contributed by atoms with Gasteiger partial charge in [-0.3, -0.25) is 0 Å². The third kappa shape index (κ3) is 6.28. The summed E-state index contributed by atoms with van der Waals surface area (Å²) in [4.78, 5) is 25.7. The molecule has 2 unspecified atom stereocenters. The topological polar surface area (TPSA) is 76.7 Å². The molecule has 0 aromatic heterocycles. The summed E-state index contributed by atoms with van der Waals surface area (Å²) < 4.78 is 17.2. The Kier molecular flexibility index (Phi) is 8.01. The molecular weight excluding hydrogens is 627 g/mol. The summed E-state index contributed by atoms with van der Waals surface area (Å²) in [5, 5.41) is 0. The number of benzene rings is 4. The molecule has 0 radical (unpaired) electrons. The monoisotopic (exact) mass is 653 g/mol. The van der Waals surface area contributed by atoms with E-state index in [9.17, 15) is 9.59 Å². The summed E-state index contributed by atoms with van der Waals surface area (Å²) in [7, 11) is 0. The molecule has 2 amide bonds. The van der Waals surface area contributed by atoms with E-state index in [-0.39, 0.29) is 0 Å². The summed E-state index contributed by atoms with van der Waals surface area (Å²) in [5.41, 5.74) is 7.74. The standard InChI is InChI=1S/C34H26IN2O4/c38-33(40-31-21-27-13-3-1-9-23(27)17-19-25-11-5-7-15-29(25)31)36-35-37-34(39)41-32-22-28-14-4-2-10-24(28)18-20-26-12-6-8-16-30(26)32/h1-17,19,31-32H,21-22H2,(H,36,38)(H,37,39)/q-1. The zero-order valence-corrected chi connectivity index (χ0v) is 24.1. The first kappa shape index (κ1) is 26.7. The van der Waals surface area contributed by atoms with E-state index in [1.165, 1.54) is 0 Å². The molecule has 2 aliphatic carbocycles. The van der Waals surface area contributed by atoms with Gasteiger partial charge in [-0.2, -0.15) is 0 Å². The first-order valence-electron chi connectivity index (χ1n) is 13.2. The van der Waals surface area contributed by atoms with Gasteiger partial charge >= 0.3 is 251 Å². The van der Waals surface area contributed by atoms with E-state index >= 15 is 0 Å². The predicted octanol–water partition coefficient (Wildman–Crippen LogP) is 3.52. The summed E-state index contributed by atoms with van der Waals surface area (Å²) >= 11 is -1.27. The molecule has 4 aromatic carbocycles. The molecule has 0 saturated heterocycles. The Balaban J connectivity index is 1.09. The number of carbonyl (C=O) groups excluding carboxylic acids is 2. The average molecular weight is 653 g/mol. The van der Waals surface area contributed by atoms with Crippen LogP contribution in [0.2, 0.25) is 0 Å². The number of carbonyl (C=O) groups is 2. The van der Waals surface area contributed by atoms with Gasteiger partial charge in [0.1, 0.15) is 0 Å². The van der Waals surface area contributed by atoms with Crippen molar-refractivity contribution < 1.29 is 40.8 Å². The Morgan fingerprint density at radius 1 is 0.610 bits per heavy atom. The van der Waals surface area contributed by atoms with Gasteiger partial charge in [-0.15, -0.1) is 0 Å². The van der Waals surface area contributed by atoms with Crippen LogP contribution in [0, 0.1) is 11.8 Å². The van der Waals surface area contributed by atoms with Gasteiger partial charge in [-0.25, -0.2) is 0 Å². The van der Waals surface area contributed by atoms with Crippen molar-refractivity contribution in [3.8, 4) is 11.8 Å². The van der Waals surface area contributed by atoms with Crippen molar-refractivity contribution in [3.05, 3.63) is 142 Å². The van der Waals surface area contributed by atoms with Crippen LogP contribution in [-0.4, -0.2) is 12.2 Å². The number of fused-ring (bicyclic) bond motifs is 4. The van der Waals surface area contributed by atoms with E-state index in [2.05, 4.69) is 31.0 Å². The van der Waals surface area contributed by atoms with Crippen molar-refractivity contribution in [1.29, 1.82) is 0 Å². The Bertz CT molecular complexity index is 1700. The second-order valence-corrected chi connectivity index (χ2v) is 11.3. The fraction of sp³-hybridized carbons (Fsp3) is 0.118. The number of amides is 2. The van der Waals surface area contributed by atoms with Crippen molar-refractivity contribution >= 4 is 24.3 Å². The molecule has 2 aliphatic rings. The van der Waals surface area contributed by atoms with Crippen LogP contribution in [0.5, 0.6) is 0 Å². The zero-order chi connectivity index (χ0) is 28.0. The molecule has 204 valence electrons. The average Bonchev–Trinajstić information content (AvgIpc) is 2.98. The van der Waals surface area contributed by atoms with Crippen LogP contribution in [0.1, 0.15) is 56.7 Å². The third-order valence-corrected chi connectivity index (χ3v) is 8.48. The van der Waals surface area contributed by atoms with Crippen molar-refractivity contribution in [2.24, 2.45) is 0 Å². The SMILES string of the molecule is O=C(N[I-]NC(=O)OC1Cc2ccccc2C=Cc2ccccc21)OC1Cc2ccccc2C#Cc2ccccc21. The molecule has 2 atom stereocenters. The van der Waals surface area contributed by atoms with Crippen LogP contribution in [0.3, 0.4) is 0 Å². The molecular formula is C34H26IN2O4-. The molecule has 41 heavy (non-hydrogen) atoms. The van der Waals surface area contributed by atoms with Gasteiger partial charge in [-0.1, -0.05) is 0 Å². The van der Waals surface area contributed by atoms with Crippen molar-refractivity contribution in [1.82, 2.24) is 7.06 Å². The minimum atomic E-state index is -1.27. The molecule has 0 saturated carbocycles. The van der Waals surface area contributed by atoms with Gasteiger partial charge in [0.25, 0.3) is 0 Å². The number of rotatable bonds is 4. The van der Waals surface area contributed by atoms with E-state index in [1.807, 2.05) is 97.1 Å². The summed E-state index contributed by atoms with van der Waals surface area (Å²) in [5.74, 6) is 6.44. The van der Waals surface area contributed by atoms with Gasteiger partial charge in [0.05, 0.1) is 0 Å². The molecule has 0 aliphatic heterocycles. The predicted molar refractivity (Wildman–Crippen MR) is 153 cm³/mol. The number of hydrogen-bond donors (Lipinski definition) is 2. The van der Waals surface area contributed by atoms with Crippen molar-refractivity contribution in [2.45, 2.75) is 25.0 Å². The van der Waals surface area contributed by atoms with E-state index in [1.54, 1.807) is 0 Å². The van der Waals surface area contributed by atoms with Crippen LogP contribution >= 0.6 is 0 Å². The van der Waals surface area contributed by atoms with Crippen LogP contribution < -0.4 is 28.8 Å². The van der Waals surface area contributed by atoms with Crippen LogP contribution in [0.4, 0.5) is 9.59 Å². The van der Waals surface area contributed by atoms with E-state index in [4.69, 9.17) is 9.47 Å². The zero-order valence-electron chi connectivity index (χ0n) is 22.0. The summed E-state index contributed by atoms with van der Waals surface area (Å²) in [6.45, 7) is 0. The molecule has 6 rings (SSSR count). The van der Waals surface area contributed by atoms with Gasteiger partial charge in [-0.05, 0) is 0 Å². The minimum absolute atomic E-state index is 0.471. The molecule has 0 spiro atoms. The number of halogens is 1. The second-order valence-electron chi connectivity index (χ2n) is 9.64. The quantitative estimate of drug-likeness (QED) is 0.201. The van der Waals surface area contributed by atoms with Gasteiger partial charge in [0.2, 0.25) is 0 Å². The molecule has 0 heterocycles. The molecule has 0 bridgehead atoms. The maximum atomic E-state index is 12.9. The van der Waals surface area contributed by atoms with Gasteiger partial charge in [0.15, 0.2) is 0 Å². The number of nitrogens with one attached hydrogen (secondary N) is 2. The summed E-state index contributed by atoms with van der Waals surface area (Å²) in [6.07, 6.45) is 3.01. The molecule has 7 heteroatoms. The Hall–Kier alpha value is -4.55. The normalized spacial score (nSPS) is 16.4. The number of hydrogen-bond acceptors (Lipinski definition) is 4. The molecule has 4 aromatic rings. The second kappa shape index (κ2) is 12.3. The summed E-state index contributed by atoms with van der Waals surface area (Å²) in [6, 6.07) is 31.5. The van der Waals surface area contributed by atoms with Crippen molar-refractivity contribution in [3.63, 3.8) is 0 Å². The fourth-order valence-corrected chi connectivity index (χ4v) is 5.93. The molecule has 2 N–H and O–H groups in total. The Labute approximate surface area is 249 Å². The van der Waals surface area contributed by atoms with Gasteiger partial charge < -0.3 is 0 Å². The molecule has 0 fully saturated rings. The fourth-order valence-electron chi connectivity index (χ4n) is 5.10. The van der Waals surface area contributed by atoms with Crippen LogP contribution in [0.15, 0.2) is 97.1 Å². The Morgan fingerprint density at radius 3 is 1.90 bits per heavy atom. The number of ether oxygens (including phenoxy) is 2. The van der Waals surface area contributed by atoms with E-state index in [0.29, 0.717) is 12.8 Å². The first-order valence-corrected chi connectivity index (χ1v) is 15.4. The van der Waals surface area contributed by atoms with Gasteiger partial charge in [0, 0.05) is 0 Å². The molecule has 6 nitrogen and oxygen atoms in total. The maximum absolute atomic E-state index is 12.9. The Morgan fingerprint density at radius 2 is 1.12 bits per heavy atom. The van der Waals surface area contributed by atoms with Crippen LogP contribution in [-0.2, 0) is 22.3 Å².